The maximum Gasteiger partial charge on any atom is 0.232 e. The number of hydrogen-bond acceptors (Lipinski definition) is 2. The first kappa shape index (κ1) is 15.6. The minimum atomic E-state index is -3.30. The summed E-state index contributed by atoms with van der Waals surface area (Å²) in [7, 11) is -3.30. The predicted octanol–water partition coefficient (Wildman–Crippen LogP) is 4.36. The summed E-state index contributed by atoms with van der Waals surface area (Å²) < 4.78 is 27.4. The summed E-state index contributed by atoms with van der Waals surface area (Å²) in [6.45, 7) is 0. The number of alkyl halides is 1. The number of rotatable bonds is 6. The Morgan fingerprint density at radius 2 is 1.75 bits per heavy atom. The molecule has 0 amide bonds. The molecule has 2 rings (SSSR count). The van der Waals surface area contributed by atoms with E-state index in [1.165, 1.54) is 0 Å². The van der Waals surface area contributed by atoms with Gasteiger partial charge in [-0.05, 0) is 47.9 Å². The summed E-state index contributed by atoms with van der Waals surface area (Å²) in [6.07, 6.45) is 1.27. The van der Waals surface area contributed by atoms with E-state index in [0.29, 0.717) is 24.4 Å². The first-order chi connectivity index (χ1) is 9.50. The van der Waals surface area contributed by atoms with Crippen LogP contribution in [0.15, 0.2) is 40.9 Å². The molecule has 2 aromatic carbocycles. The lowest BCUT2D eigenvalue weighted by molar-refractivity contribution is 0.598. The van der Waals surface area contributed by atoms with Crippen molar-refractivity contribution < 1.29 is 8.42 Å². The van der Waals surface area contributed by atoms with Gasteiger partial charge in [0.05, 0.1) is 5.75 Å². The summed E-state index contributed by atoms with van der Waals surface area (Å²) >= 11 is 8.96. The molecule has 0 aliphatic carbocycles. The number of nitrogens with one attached hydrogen (secondary N) is 1. The minimum Gasteiger partial charge on any atom is -0.284 e. The zero-order valence-electron chi connectivity index (χ0n) is 10.8. The molecule has 0 saturated carbocycles. The lowest BCUT2D eigenvalue weighted by atomic mass is 10.1. The van der Waals surface area contributed by atoms with Crippen molar-refractivity contribution in [1.82, 2.24) is 0 Å². The van der Waals surface area contributed by atoms with Crippen molar-refractivity contribution in [3.8, 4) is 0 Å². The molecule has 0 aliphatic heterocycles. The number of sulfonamides is 1. The predicted molar refractivity (Wildman–Crippen MR) is 89.0 cm³/mol. The highest BCUT2D eigenvalue weighted by Crippen LogP contribution is 2.23. The van der Waals surface area contributed by atoms with E-state index in [9.17, 15) is 8.42 Å². The van der Waals surface area contributed by atoms with Gasteiger partial charge in [-0.1, -0.05) is 28.1 Å². The van der Waals surface area contributed by atoms with Gasteiger partial charge in [-0.3, -0.25) is 4.72 Å². The SMILES string of the molecule is O=S(=O)(CCCCCl)Nc1ccc2cc(Br)ccc2c1. The van der Waals surface area contributed by atoms with Crippen LogP contribution in [-0.2, 0) is 10.0 Å². The fraction of sp³-hybridized carbons (Fsp3) is 0.286. The van der Waals surface area contributed by atoms with Crippen LogP contribution in [0.4, 0.5) is 5.69 Å². The lowest BCUT2D eigenvalue weighted by Gasteiger charge is -2.09. The average Bonchev–Trinajstić information content (AvgIpc) is 2.38. The molecule has 0 aliphatic rings. The summed E-state index contributed by atoms with van der Waals surface area (Å²) in [5.41, 5.74) is 0.589. The van der Waals surface area contributed by atoms with Crippen molar-refractivity contribution in [1.29, 1.82) is 0 Å². The molecule has 6 heteroatoms. The van der Waals surface area contributed by atoms with E-state index in [2.05, 4.69) is 20.7 Å². The highest BCUT2D eigenvalue weighted by atomic mass is 79.9. The van der Waals surface area contributed by atoms with Crippen LogP contribution in [-0.4, -0.2) is 20.1 Å². The van der Waals surface area contributed by atoms with E-state index in [0.717, 1.165) is 15.2 Å². The van der Waals surface area contributed by atoms with E-state index in [1.54, 1.807) is 6.07 Å². The van der Waals surface area contributed by atoms with Crippen molar-refractivity contribution in [3.63, 3.8) is 0 Å². The summed E-state index contributed by atoms with van der Waals surface area (Å²) in [5.74, 6) is 0.582. The highest BCUT2D eigenvalue weighted by molar-refractivity contribution is 9.10. The summed E-state index contributed by atoms with van der Waals surface area (Å²) in [5, 5.41) is 2.05. The Morgan fingerprint density at radius 1 is 1.05 bits per heavy atom. The number of fused-ring (bicyclic) bond motifs is 1. The van der Waals surface area contributed by atoms with E-state index >= 15 is 0 Å². The second kappa shape index (κ2) is 6.78. The van der Waals surface area contributed by atoms with Crippen molar-refractivity contribution in [2.75, 3.05) is 16.4 Å². The molecule has 1 N–H and O–H groups in total. The Morgan fingerprint density at radius 3 is 2.50 bits per heavy atom. The second-order valence-corrected chi connectivity index (χ2v) is 7.66. The van der Waals surface area contributed by atoms with Crippen molar-refractivity contribution in [2.45, 2.75) is 12.8 Å². The third-order valence-electron chi connectivity index (χ3n) is 2.87. The first-order valence-corrected chi connectivity index (χ1v) is 9.24. The van der Waals surface area contributed by atoms with E-state index in [1.807, 2.05) is 30.3 Å². The van der Waals surface area contributed by atoms with Gasteiger partial charge in [-0.2, -0.15) is 0 Å². The average molecular weight is 377 g/mol. The van der Waals surface area contributed by atoms with E-state index in [-0.39, 0.29) is 5.75 Å². The molecule has 3 nitrogen and oxygen atoms in total. The van der Waals surface area contributed by atoms with Crippen LogP contribution in [0, 0.1) is 0 Å². The molecule has 2 aromatic rings. The van der Waals surface area contributed by atoms with Gasteiger partial charge in [0.1, 0.15) is 0 Å². The van der Waals surface area contributed by atoms with Crippen LogP contribution in [0.25, 0.3) is 10.8 Å². The third kappa shape index (κ3) is 4.36. The molecular weight excluding hydrogens is 362 g/mol. The first-order valence-electron chi connectivity index (χ1n) is 6.26. The normalized spacial score (nSPS) is 11.7. The monoisotopic (exact) mass is 375 g/mol. The quantitative estimate of drug-likeness (QED) is 0.601. The minimum absolute atomic E-state index is 0.0953. The molecule has 108 valence electrons. The van der Waals surface area contributed by atoms with E-state index in [4.69, 9.17) is 11.6 Å². The zero-order chi connectivity index (χ0) is 14.6. The van der Waals surface area contributed by atoms with Crippen molar-refractivity contribution in [3.05, 3.63) is 40.9 Å². The van der Waals surface area contributed by atoms with Crippen LogP contribution in [0.1, 0.15) is 12.8 Å². The Balaban J connectivity index is 2.15. The number of benzene rings is 2. The van der Waals surface area contributed by atoms with Gasteiger partial charge >= 0.3 is 0 Å². The van der Waals surface area contributed by atoms with Gasteiger partial charge in [0.2, 0.25) is 10.0 Å². The smallest absolute Gasteiger partial charge is 0.232 e. The Labute approximate surface area is 132 Å². The van der Waals surface area contributed by atoms with Crippen LogP contribution in [0.3, 0.4) is 0 Å². The number of anilines is 1. The Kier molecular flexibility index (Phi) is 5.29. The highest BCUT2D eigenvalue weighted by Gasteiger charge is 2.10. The van der Waals surface area contributed by atoms with Gasteiger partial charge in [0.15, 0.2) is 0 Å². The number of unbranched alkanes of at least 4 members (excludes halogenated alkanes) is 1. The molecule has 0 atom stereocenters. The summed E-state index contributed by atoms with van der Waals surface area (Å²) in [6, 6.07) is 11.4. The molecule has 0 aromatic heterocycles. The number of hydrogen-bond donors (Lipinski definition) is 1. The molecule has 0 fully saturated rings. The van der Waals surface area contributed by atoms with Crippen molar-refractivity contribution >= 4 is 54.0 Å². The van der Waals surface area contributed by atoms with Gasteiger partial charge in [-0.15, -0.1) is 11.6 Å². The van der Waals surface area contributed by atoms with E-state index < -0.39 is 10.0 Å². The molecular formula is C14H15BrClNO2S. The molecule has 20 heavy (non-hydrogen) atoms. The van der Waals surface area contributed by atoms with Crippen LogP contribution >= 0.6 is 27.5 Å². The fourth-order valence-corrected chi connectivity index (χ4v) is 3.64. The fourth-order valence-electron chi connectivity index (χ4n) is 1.90. The molecule has 0 spiro atoms. The maximum absolute atomic E-state index is 11.9. The molecule has 0 saturated heterocycles. The van der Waals surface area contributed by atoms with Crippen LogP contribution in [0.5, 0.6) is 0 Å². The molecule has 0 bridgehead atoms. The van der Waals surface area contributed by atoms with Gasteiger partial charge in [0, 0.05) is 16.0 Å². The third-order valence-corrected chi connectivity index (χ3v) is 5.01. The second-order valence-electron chi connectivity index (χ2n) is 4.52. The largest absolute Gasteiger partial charge is 0.284 e. The summed E-state index contributed by atoms with van der Waals surface area (Å²) in [4.78, 5) is 0. The standard InChI is InChI=1S/C14H15BrClNO2S/c15-13-5-3-12-10-14(6-4-11(12)9-13)17-20(18,19)8-2-1-7-16/h3-6,9-10,17H,1-2,7-8H2. The zero-order valence-corrected chi connectivity index (χ0v) is 13.9. The van der Waals surface area contributed by atoms with Gasteiger partial charge < -0.3 is 0 Å². The molecule has 0 radical (unpaired) electrons. The van der Waals surface area contributed by atoms with Crippen LogP contribution in [0.2, 0.25) is 0 Å². The molecule has 0 heterocycles. The Bertz CT molecular complexity index is 703. The number of halogens is 2. The van der Waals surface area contributed by atoms with Gasteiger partial charge in [0.25, 0.3) is 0 Å². The Hall–Kier alpha value is -0.780. The maximum atomic E-state index is 11.9. The van der Waals surface area contributed by atoms with Crippen LogP contribution < -0.4 is 4.72 Å². The lowest BCUT2D eigenvalue weighted by Crippen LogP contribution is -2.16. The topological polar surface area (TPSA) is 46.2 Å². The molecule has 0 unspecified atom stereocenters. The van der Waals surface area contributed by atoms with Crippen molar-refractivity contribution in [2.24, 2.45) is 0 Å². The van der Waals surface area contributed by atoms with Gasteiger partial charge in [-0.25, -0.2) is 8.42 Å².